The standard InChI is InChI=1S/C14H20F3N3O3S/c1-13(2,3)24(22)7-6-19-12(21)20-10-4-5-18-11(8-10)23-9-14(15,16)17/h4-5,8H,6-7,9H2,1-3H3,(H2,18,19,20,21). The van der Waals surface area contributed by atoms with Crippen LogP contribution in [0.4, 0.5) is 23.7 Å². The number of hydrogen-bond acceptors (Lipinski definition) is 4. The van der Waals surface area contributed by atoms with Crippen molar-refractivity contribution in [3.63, 3.8) is 0 Å². The first-order chi connectivity index (χ1) is 11.0. The number of ether oxygens (including phenoxy) is 1. The summed E-state index contributed by atoms with van der Waals surface area (Å²) >= 11 is 0. The van der Waals surface area contributed by atoms with E-state index < -0.39 is 29.6 Å². The van der Waals surface area contributed by atoms with E-state index >= 15 is 0 Å². The second-order valence-corrected chi connectivity index (χ2v) is 8.15. The van der Waals surface area contributed by atoms with Crippen molar-refractivity contribution in [2.45, 2.75) is 31.7 Å². The molecule has 0 aliphatic heterocycles. The van der Waals surface area contributed by atoms with Gasteiger partial charge in [0, 0.05) is 45.8 Å². The fourth-order valence-electron chi connectivity index (χ4n) is 1.46. The minimum atomic E-state index is -4.47. The molecule has 0 aliphatic carbocycles. The van der Waals surface area contributed by atoms with Crippen molar-refractivity contribution >= 4 is 22.5 Å². The number of carbonyl (C=O) groups excluding carboxylic acids is 1. The lowest BCUT2D eigenvalue weighted by Gasteiger charge is -2.17. The molecule has 0 spiro atoms. The van der Waals surface area contributed by atoms with Gasteiger partial charge in [0.05, 0.1) is 0 Å². The molecule has 136 valence electrons. The zero-order valence-electron chi connectivity index (χ0n) is 13.6. The maximum atomic E-state index is 12.1. The van der Waals surface area contributed by atoms with E-state index in [2.05, 4.69) is 20.4 Å². The van der Waals surface area contributed by atoms with Gasteiger partial charge in [0.1, 0.15) is 0 Å². The summed E-state index contributed by atoms with van der Waals surface area (Å²) in [6.07, 6.45) is -3.25. The van der Waals surface area contributed by atoms with Crippen molar-refractivity contribution in [3.05, 3.63) is 18.3 Å². The number of amides is 2. The van der Waals surface area contributed by atoms with E-state index in [9.17, 15) is 22.2 Å². The number of alkyl halides is 3. The van der Waals surface area contributed by atoms with E-state index in [1.165, 1.54) is 18.3 Å². The molecule has 10 heteroatoms. The summed E-state index contributed by atoms with van der Waals surface area (Å²) in [7, 11) is -1.09. The zero-order chi connectivity index (χ0) is 18.4. The molecule has 6 nitrogen and oxygen atoms in total. The summed E-state index contributed by atoms with van der Waals surface area (Å²) in [6.45, 7) is 4.25. The third-order valence-electron chi connectivity index (χ3n) is 2.63. The summed E-state index contributed by atoms with van der Waals surface area (Å²) in [5.74, 6) is 0.0479. The third-order valence-corrected chi connectivity index (χ3v) is 4.57. The van der Waals surface area contributed by atoms with Crippen LogP contribution in [0.15, 0.2) is 18.3 Å². The number of hydrogen-bond donors (Lipinski definition) is 2. The highest BCUT2D eigenvalue weighted by atomic mass is 32.2. The predicted octanol–water partition coefficient (Wildman–Crippen LogP) is 2.69. The molecule has 0 saturated heterocycles. The molecular weight excluding hydrogens is 347 g/mol. The highest BCUT2D eigenvalue weighted by Crippen LogP contribution is 2.19. The zero-order valence-corrected chi connectivity index (χ0v) is 14.4. The molecule has 0 fully saturated rings. The Balaban J connectivity index is 2.46. The number of nitrogens with one attached hydrogen (secondary N) is 2. The average molecular weight is 367 g/mol. The Bertz CT molecular complexity index is 589. The van der Waals surface area contributed by atoms with Crippen molar-refractivity contribution < 1.29 is 26.9 Å². The van der Waals surface area contributed by atoms with E-state index in [1.54, 1.807) is 0 Å². The lowest BCUT2D eigenvalue weighted by molar-refractivity contribution is -0.154. The Hall–Kier alpha value is -1.84. The smallest absolute Gasteiger partial charge is 0.422 e. The van der Waals surface area contributed by atoms with Crippen molar-refractivity contribution in [2.75, 3.05) is 24.2 Å². The SMILES string of the molecule is CC(C)(C)S(=O)CCNC(=O)Nc1ccnc(OCC(F)(F)F)c1. The van der Waals surface area contributed by atoms with Gasteiger partial charge >= 0.3 is 12.2 Å². The van der Waals surface area contributed by atoms with Gasteiger partial charge in [0.25, 0.3) is 0 Å². The monoisotopic (exact) mass is 367 g/mol. The van der Waals surface area contributed by atoms with Crippen LogP contribution in [-0.4, -0.2) is 45.1 Å². The summed E-state index contributed by atoms with van der Waals surface area (Å²) in [5.41, 5.74) is 0.233. The Morgan fingerprint density at radius 2 is 2.00 bits per heavy atom. The topological polar surface area (TPSA) is 80.3 Å². The van der Waals surface area contributed by atoms with Gasteiger partial charge in [-0.25, -0.2) is 9.78 Å². The fourth-order valence-corrected chi connectivity index (χ4v) is 2.36. The first-order valence-electron chi connectivity index (χ1n) is 7.06. The van der Waals surface area contributed by atoms with Crippen LogP contribution in [0, 0.1) is 0 Å². The molecule has 2 amide bonds. The maximum Gasteiger partial charge on any atom is 0.422 e. The number of nitrogens with zero attached hydrogens (tertiary/aromatic N) is 1. The molecule has 1 atom stereocenters. The van der Waals surface area contributed by atoms with Crippen molar-refractivity contribution in [2.24, 2.45) is 0 Å². The number of urea groups is 1. The van der Waals surface area contributed by atoms with Crippen molar-refractivity contribution in [1.82, 2.24) is 10.3 Å². The molecule has 0 saturated carbocycles. The molecule has 0 aliphatic rings. The summed E-state index contributed by atoms with van der Waals surface area (Å²) in [4.78, 5) is 15.3. The second kappa shape index (κ2) is 8.32. The Morgan fingerprint density at radius 1 is 1.33 bits per heavy atom. The van der Waals surface area contributed by atoms with Gasteiger partial charge in [-0.05, 0) is 26.8 Å². The van der Waals surface area contributed by atoms with Gasteiger partial charge in [-0.2, -0.15) is 13.2 Å². The number of pyridine rings is 1. The van der Waals surface area contributed by atoms with Gasteiger partial charge in [-0.15, -0.1) is 0 Å². The lowest BCUT2D eigenvalue weighted by atomic mass is 10.3. The molecular formula is C14H20F3N3O3S. The molecule has 0 radical (unpaired) electrons. The number of aromatic nitrogens is 1. The predicted molar refractivity (Wildman–Crippen MR) is 85.6 cm³/mol. The van der Waals surface area contributed by atoms with Gasteiger partial charge < -0.3 is 15.4 Å². The quantitative estimate of drug-likeness (QED) is 0.810. The van der Waals surface area contributed by atoms with Crippen LogP contribution in [0.5, 0.6) is 5.88 Å². The van der Waals surface area contributed by atoms with Crippen molar-refractivity contribution in [3.8, 4) is 5.88 Å². The van der Waals surface area contributed by atoms with Crippen LogP contribution in [0.1, 0.15) is 20.8 Å². The molecule has 1 aromatic heterocycles. The highest BCUT2D eigenvalue weighted by molar-refractivity contribution is 7.86. The van der Waals surface area contributed by atoms with Crippen molar-refractivity contribution in [1.29, 1.82) is 0 Å². The summed E-state index contributed by atoms with van der Waals surface area (Å²) in [5, 5.41) is 4.97. The summed E-state index contributed by atoms with van der Waals surface area (Å²) in [6, 6.07) is 2.03. The van der Waals surface area contributed by atoms with Gasteiger partial charge in [0.15, 0.2) is 6.61 Å². The molecule has 1 rings (SSSR count). The Morgan fingerprint density at radius 3 is 2.58 bits per heavy atom. The molecule has 1 unspecified atom stereocenters. The minimum absolute atomic E-state index is 0.207. The molecule has 0 aromatic carbocycles. The van der Waals surface area contributed by atoms with Crippen LogP contribution in [0.3, 0.4) is 0 Å². The Kier molecular flexibility index (Phi) is 7.00. The molecule has 2 N–H and O–H groups in total. The van der Waals surface area contributed by atoms with E-state index in [1.807, 2.05) is 20.8 Å². The van der Waals surface area contributed by atoms with Crippen LogP contribution in [0.25, 0.3) is 0 Å². The van der Waals surface area contributed by atoms with E-state index in [0.717, 1.165) is 0 Å². The van der Waals surface area contributed by atoms with Gasteiger partial charge in [-0.1, -0.05) is 0 Å². The van der Waals surface area contributed by atoms with E-state index in [-0.39, 0.29) is 22.9 Å². The van der Waals surface area contributed by atoms with Crippen LogP contribution >= 0.6 is 0 Å². The highest BCUT2D eigenvalue weighted by Gasteiger charge is 2.28. The number of anilines is 1. The first-order valence-corrected chi connectivity index (χ1v) is 8.38. The fraction of sp³-hybridized carbons (Fsp3) is 0.571. The number of carbonyl (C=O) groups is 1. The second-order valence-electron chi connectivity index (χ2n) is 5.83. The lowest BCUT2D eigenvalue weighted by Crippen LogP contribution is -2.35. The van der Waals surface area contributed by atoms with Gasteiger partial charge in [-0.3, -0.25) is 4.21 Å². The summed E-state index contributed by atoms with van der Waals surface area (Å²) < 4.78 is 52.2. The third kappa shape index (κ3) is 8.14. The van der Waals surface area contributed by atoms with Crippen LogP contribution < -0.4 is 15.4 Å². The van der Waals surface area contributed by atoms with E-state index in [0.29, 0.717) is 5.75 Å². The average Bonchev–Trinajstić information content (AvgIpc) is 2.43. The van der Waals surface area contributed by atoms with Crippen LogP contribution in [0.2, 0.25) is 0 Å². The minimum Gasteiger partial charge on any atom is -0.468 e. The normalized spacial score (nSPS) is 13.2. The molecule has 1 aromatic rings. The Labute approximate surface area is 140 Å². The largest absolute Gasteiger partial charge is 0.468 e. The molecule has 1 heterocycles. The number of halogens is 3. The maximum absolute atomic E-state index is 12.1. The van der Waals surface area contributed by atoms with Gasteiger partial charge in [0.2, 0.25) is 5.88 Å². The van der Waals surface area contributed by atoms with Crippen LogP contribution in [-0.2, 0) is 10.8 Å². The first kappa shape index (κ1) is 20.2. The number of rotatable bonds is 6. The molecule has 0 bridgehead atoms. The molecule has 24 heavy (non-hydrogen) atoms. The van der Waals surface area contributed by atoms with E-state index in [4.69, 9.17) is 0 Å².